The summed E-state index contributed by atoms with van der Waals surface area (Å²) in [6.07, 6.45) is 0. The Balaban J connectivity index is 1.57. The molecule has 0 saturated carbocycles. The van der Waals surface area contributed by atoms with E-state index in [1.165, 1.54) is 12.1 Å². The molecule has 150 valence electrons. The van der Waals surface area contributed by atoms with Gasteiger partial charge in [0.25, 0.3) is 11.6 Å². The molecular formula is C21H17N5O4. The summed E-state index contributed by atoms with van der Waals surface area (Å²) in [5, 5.41) is 16.0. The molecule has 0 N–H and O–H groups in total. The number of nitro benzene ring substituents is 1. The van der Waals surface area contributed by atoms with Gasteiger partial charge in [0, 0.05) is 36.2 Å². The van der Waals surface area contributed by atoms with Crippen molar-refractivity contribution in [2.24, 2.45) is 0 Å². The van der Waals surface area contributed by atoms with E-state index in [4.69, 9.17) is 14.2 Å². The van der Waals surface area contributed by atoms with Gasteiger partial charge in [-0.05, 0) is 24.3 Å². The number of nitrogens with zero attached hydrogens (tertiary/aromatic N) is 5. The molecule has 2 aromatic carbocycles. The molecule has 0 radical (unpaired) electrons. The SMILES string of the molecule is O=[N+]([O-])c1ccc(-c2nc(-c3cc4ccccc4nc3N3CCOCC3)no2)cc1. The molecule has 1 aliphatic rings. The number of rotatable bonds is 4. The maximum Gasteiger partial charge on any atom is 0.269 e. The van der Waals surface area contributed by atoms with Gasteiger partial charge in [-0.1, -0.05) is 23.4 Å². The Morgan fingerprint density at radius 2 is 1.77 bits per heavy atom. The number of hydrogen-bond acceptors (Lipinski definition) is 8. The number of hydrogen-bond donors (Lipinski definition) is 0. The molecule has 0 unspecified atom stereocenters. The smallest absolute Gasteiger partial charge is 0.269 e. The van der Waals surface area contributed by atoms with Gasteiger partial charge < -0.3 is 14.2 Å². The molecule has 5 rings (SSSR count). The van der Waals surface area contributed by atoms with Gasteiger partial charge in [0.05, 0.1) is 29.2 Å². The van der Waals surface area contributed by atoms with Crippen LogP contribution in [0.1, 0.15) is 0 Å². The monoisotopic (exact) mass is 403 g/mol. The maximum absolute atomic E-state index is 10.9. The van der Waals surface area contributed by atoms with Crippen molar-refractivity contribution < 1.29 is 14.2 Å². The van der Waals surface area contributed by atoms with Crippen molar-refractivity contribution >= 4 is 22.4 Å². The molecule has 0 atom stereocenters. The summed E-state index contributed by atoms with van der Waals surface area (Å²) in [4.78, 5) is 22.0. The number of nitro groups is 1. The summed E-state index contributed by atoms with van der Waals surface area (Å²) in [5.41, 5.74) is 2.28. The van der Waals surface area contributed by atoms with Crippen LogP contribution in [0.3, 0.4) is 0 Å². The predicted molar refractivity (Wildman–Crippen MR) is 110 cm³/mol. The van der Waals surface area contributed by atoms with E-state index in [1.54, 1.807) is 12.1 Å². The minimum Gasteiger partial charge on any atom is -0.378 e. The zero-order valence-corrected chi connectivity index (χ0v) is 15.9. The van der Waals surface area contributed by atoms with Gasteiger partial charge in [-0.3, -0.25) is 10.1 Å². The second-order valence-electron chi connectivity index (χ2n) is 6.88. The highest BCUT2D eigenvalue weighted by Gasteiger charge is 2.22. The summed E-state index contributed by atoms with van der Waals surface area (Å²) in [5.74, 6) is 1.50. The first-order valence-corrected chi connectivity index (χ1v) is 9.50. The Hall–Kier alpha value is -3.85. The zero-order chi connectivity index (χ0) is 20.5. The molecular weight excluding hydrogens is 386 g/mol. The van der Waals surface area contributed by atoms with Gasteiger partial charge in [0.1, 0.15) is 5.82 Å². The number of anilines is 1. The minimum absolute atomic E-state index is 0.00632. The van der Waals surface area contributed by atoms with Crippen LogP contribution in [-0.4, -0.2) is 46.4 Å². The van der Waals surface area contributed by atoms with Gasteiger partial charge in [-0.2, -0.15) is 4.98 Å². The molecule has 0 aliphatic carbocycles. The van der Waals surface area contributed by atoms with Gasteiger partial charge in [-0.25, -0.2) is 4.98 Å². The lowest BCUT2D eigenvalue weighted by Gasteiger charge is -2.29. The van der Waals surface area contributed by atoms with Crippen molar-refractivity contribution in [2.75, 3.05) is 31.2 Å². The first-order chi connectivity index (χ1) is 14.7. The molecule has 2 aromatic heterocycles. The average molecular weight is 403 g/mol. The second-order valence-corrected chi connectivity index (χ2v) is 6.88. The van der Waals surface area contributed by atoms with Crippen LogP contribution in [0.2, 0.25) is 0 Å². The second kappa shape index (κ2) is 7.53. The van der Waals surface area contributed by atoms with E-state index in [0.717, 1.165) is 35.4 Å². The van der Waals surface area contributed by atoms with E-state index in [0.29, 0.717) is 30.5 Å². The number of ether oxygens (including phenoxy) is 1. The molecule has 0 spiro atoms. The van der Waals surface area contributed by atoms with Crippen molar-refractivity contribution in [3.05, 3.63) is 64.7 Å². The molecule has 30 heavy (non-hydrogen) atoms. The number of benzene rings is 2. The molecule has 9 heteroatoms. The lowest BCUT2D eigenvalue weighted by Crippen LogP contribution is -2.37. The molecule has 0 amide bonds. The summed E-state index contributed by atoms with van der Waals surface area (Å²) in [7, 11) is 0. The Morgan fingerprint density at radius 1 is 1.00 bits per heavy atom. The molecule has 3 heterocycles. The topological polar surface area (TPSA) is 107 Å². The normalized spacial score (nSPS) is 14.2. The largest absolute Gasteiger partial charge is 0.378 e. The molecule has 0 bridgehead atoms. The fourth-order valence-corrected chi connectivity index (χ4v) is 3.46. The van der Waals surface area contributed by atoms with Crippen LogP contribution in [-0.2, 0) is 4.74 Å². The third kappa shape index (κ3) is 3.35. The van der Waals surface area contributed by atoms with Crippen LogP contribution >= 0.6 is 0 Å². The highest BCUT2D eigenvalue weighted by Crippen LogP contribution is 2.32. The fourth-order valence-electron chi connectivity index (χ4n) is 3.46. The van der Waals surface area contributed by atoms with Gasteiger partial charge in [0.2, 0.25) is 5.82 Å². The van der Waals surface area contributed by atoms with E-state index >= 15 is 0 Å². The van der Waals surface area contributed by atoms with Crippen molar-refractivity contribution in [3.63, 3.8) is 0 Å². The van der Waals surface area contributed by atoms with Crippen molar-refractivity contribution in [1.82, 2.24) is 15.1 Å². The Kier molecular flexibility index (Phi) is 4.56. The number of non-ortho nitro benzene ring substituents is 1. The lowest BCUT2D eigenvalue weighted by molar-refractivity contribution is -0.384. The molecule has 1 aliphatic heterocycles. The summed E-state index contributed by atoms with van der Waals surface area (Å²) in [6.45, 7) is 2.72. The van der Waals surface area contributed by atoms with Crippen molar-refractivity contribution in [3.8, 4) is 22.8 Å². The number of fused-ring (bicyclic) bond motifs is 1. The van der Waals surface area contributed by atoms with Crippen LogP contribution in [0.4, 0.5) is 11.5 Å². The van der Waals surface area contributed by atoms with Crippen LogP contribution in [0.5, 0.6) is 0 Å². The van der Waals surface area contributed by atoms with E-state index in [2.05, 4.69) is 15.0 Å². The summed E-state index contributed by atoms with van der Waals surface area (Å²) < 4.78 is 10.9. The minimum atomic E-state index is -0.446. The highest BCUT2D eigenvalue weighted by atomic mass is 16.6. The Morgan fingerprint density at radius 3 is 2.53 bits per heavy atom. The third-order valence-electron chi connectivity index (χ3n) is 5.01. The van der Waals surface area contributed by atoms with Crippen molar-refractivity contribution in [1.29, 1.82) is 0 Å². The molecule has 4 aromatic rings. The molecule has 1 fully saturated rings. The van der Waals surface area contributed by atoms with Crippen LogP contribution < -0.4 is 4.90 Å². The van der Waals surface area contributed by atoms with E-state index < -0.39 is 4.92 Å². The standard InChI is InChI=1S/C21H17N5O4/c27-26(28)16-7-5-14(6-8-16)21-23-19(24-30-21)17-13-15-3-1-2-4-18(15)22-20(17)25-9-11-29-12-10-25/h1-8,13H,9-12H2. The number of aromatic nitrogens is 3. The van der Waals surface area contributed by atoms with E-state index in [1.807, 2.05) is 30.3 Å². The predicted octanol–water partition coefficient (Wildman–Crippen LogP) is 3.70. The van der Waals surface area contributed by atoms with Crippen LogP contribution in [0, 0.1) is 10.1 Å². The number of para-hydroxylation sites is 1. The number of pyridine rings is 1. The Bertz CT molecular complexity index is 1220. The van der Waals surface area contributed by atoms with Gasteiger partial charge in [0.15, 0.2) is 0 Å². The van der Waals surface area contributed by atoms with Gasteiger partial charge in [-0.15, -0.1) is 0 Å². The zero-order valence-electron chi connectivity index (χ0n) is 15.9. The average Bonchev–Trinajstić information content (AvgIpc) is 3.29. The van der Waals surface area contributed by atoms with Crippen molar-refractivity contribution in [2.45, 2.75) is 0 Å². The summed E-state index contributed by atoms with van der Waals surface area (Å²) >= 11 is 0. The first-order valence-electron chi connectivity index (χ1n) is 9.50. The molecule has 9 nitrogen and oxygen atoms in total. The number of morpholine rings is 1. The maximum atomic E-state index is 10.9. The highest BCUT2D eigenvalue weighted by molar-refractivity contribution is 5.88. The lowest BCUT2D eigenvalue weighted by atomic mass is 10.1. The first kappa shape index (κ1) is 18.2. The molecule has 1 saturated heterocycles. The van der Waals surface area contributed by atoms with E-state index in [9.17, 15) is 10.1 Å². The Labute approximate surface area is 171 Å². The fraction of sp³-hybridized carbons (Fsp3) is 0.190. The third-order valence-corrected chi connectivity index (χ3v) is 5.01. The quantitative estimate of drug-likeness (QED) is 0.375. The van der Waals surface area contributed by atoms with Crippen LogP contribution in [0.15, 0.2) is 59.1 Å². The summed E-state index contributed by atoms with van der Waals surface area (Å²) in [6, 6.07) is 15.9. The van der Waals surface area contributed by atoms with Gasteiger partial charge >= 0.3 is 0 Å². The van der Waals surface area contributed by atoms with Crippen LogP contribution in [0.25, 0.3) is 33.7 Å². The van der Waals surface area contributed by atoms with E-state index in [-0.39, 0.29) is 5.69 Å².